The van der Waals surface area contributed by atoms with E-state index in [0.717, 1.165) is 19.6 Å². The average Bonchev–Trinajstić information content (AvgIpc) is 2.56. The monoisotopic (exact) mass is 361 g/mol. The Morgan fingerprint density at radius 2 is 1.85 bits per heavy atom. The van der Waals surface area contributed by atoms with E-state index in [-0.39, 0.29) is 18.0 Å². The molecule has 0 bridgehead atoms. The molecule has 1 aromatic carbocycles. The van der Waals surface area contributed by atoms with Gasteiger partial charge in [0.1, 0.15) is 6.54 Å². The van der Waals surface area contributed by atoms with Crippen LogP contribution in [0.15, 0.2) is 35.3 Å². The second-order valence-corrected chi connectivity index (χ2v) is 7.62. The molecule has 0 heterocycles. The Bertz CT molecular complexity index is 565. The average molecular weight is 362 g/mol. The lowest BCUT2D eigenvalue weighted by atomic mass is 10.1. The Balaban J connectivity index is 2.50. The Morgan fingerprint density at radius 3 is 2.42 bits per heavy atom. The van der Waals surface area contributed by atoms with Gasteiger partial charge in [-0.05, 0) is 47.2 Å². The maximum atomic E-state index is 11.9. The number of hydrogen-bond donors (Lipinski definition) is 3. The van der Waals surface area contributed by atoms with Gasteiger partial charge in [-0.1, -0.05) is 30.3 Å². The van der Waals surface area contributed by atoms with E-state index in [4.69, 9.17) is 0 Å². The van der Waals surface area contributed by atoms with Gasteiger partial charge in [0.2, 0.25) is 5.91 Å². The minimum Gasteiger partial charge on any atom is -0.357 e. The zero-order valence-corrected chi connectivity index (χ0v) is 17.1. The van der Waals surface area contributed by atoms with Crippen molar-refractivity contribution in [1.82, 2.24) is 20.9 Å². The first-order valence-corrected chi connectivity index (χ1v) is 9.28. The minimum atomic E-state index is -0.243. The van der Waals surface area contributed by atoms with Crippen LogP contribution >= 0.6 is 0 Å². The van der Waals surface area contributed by atoms with Crippen LogP contribution in [0.3, 0.4) is 0 Å². The second-order valence-electron chi connectivity index (χ2n) is 7.62. The fourth-order valence-electron chi connectivity index (χ4n) is 2.38. The van der Waals surface area contributed by atoms with Gasteiger partial charge >= 0.3 is 0 Å². The first-order chi connectivity index (χ1) is 12.2. The minimum absolute atomic E-state index is 0.0797. The number of benzene rings is 1. The molecule has 1 atom stereocenters. The summed E-state index contributed by atoms with van der Waals surface area (Å²) in [4.78, 5) is 18.6. The van der Waals surface area contributed by atoms with Crippen LogP contribution in [0, 0.1) is 0 Å². The van der Waals surface area contributed by atoms with Crippen LogP contribution < -0.4 is 16.0 Å². The second kappa shape index (κ2) is 10.8. The molecule has 0 saturated carbocycles. The van der Waals surface area contributed by atoms with E-state index in [9.17, 15) is 4.79 Å². The van der Waals surface area contributed by atoms with Crippen LogP contribution in [-0.2, 0) is 11.3 Å². The summed E-state index contributed by atoms with van der Waals surface area (Å²) in [6.45, 7) is 12.6. The zero-order chi connectivity index (χ0) is 19.6. The summed E-state index contributed by atoms with van der Waals surface area (Å²) in [5.41, 5.74) is 1.05. The van der Waals surface area contributed by atoms with Crippen LogP contribution in [-0.4, -0.2) is 55.0 Å². The molecule has 6 heteroatoms. The molecule has 1 rings (SSSR count). The molecule has 146 valence electrons. The first-order valence-electron chi connectivity index (χ1n) is 9.28. The predicted molar refractivity (Wildman–Crippen MR) is 109 cm³/mol. The van der Waals surface area contributed by atoms with E-state index in [1.54, 1.807) is 0 Å². The number of nitrogens with zero attached hydrogens (tertiary/aromatic N) is 2. The topological polar surface area (TPSA) is 68.8 Å². The fraction of sp³-hybridized carbons (Fsp3) is 0.600. The summed E-state index contributed by atoms with van der Waals surface area (Å²) >= 11 is 0. The lowest BCUT2D eigenvalue weighted by molar-refractivity contribution is -0.121. The molecular formula is C20H35N5O. The van der Waals surface area contributed by atoms with Gasteiger partial charge in [-0.25, -0.2) is 4.99 Å². The van der Waals surface area contributed by atoms with E-state index in [1.807, 2.05) is 33.8 Å². The molecule has 0 saturated heterocycles. The summed E-state index contributed by atoms with van der Waals surface area (Å²) in [5, 5.41) is 9.42. The molecule has 0 aliphatic heterocycles. The lowest BCUT2D eigenvalue weighted by Gasteiger charge is -2.26. The lowest BCUT2D eigenvalue weighted by Crippen LogP contribution is -2.46. The molecule has 3 N–H and O–H groups in total. The molecule has 0 aliphatic carbocycles. The van der Waals surface area contributed by atoms with Crippen molar-refractivity contribution in [2.45, 2.75) is 52.7 Å². The van der Waals surface area contributed by atoms with Crippen molar-refractivity contribution < 1.29 is 4.79 Å². The van der Waals surface area contributed by atoms with Gasteiger partial charge in [-0.15, -0.1) is 0 Å². The van der Waals surface area contributed by atoms with Crippen molar-refractivity contribution in [2.75, 3.05) is 26.7 Å². The van der Waals surface area contributed by atoms with Crippen LogP contribution in [0.2, 0.25) is 0 Å². The summed E-state index contributed by atoms with van der Waals surface area (Å²) in [6.07, 6.45) is 0. The Kier molecular flexibility index (Phi) is 9.13. The Labute approximate surface area is 158 Å². The number of aliphatic imine (C=N–C) groups is 1. The van der Waals surface area contributed by atoms with Gasteiger partial charge in [0.05, 0.1) is 0 Å². The first kappa shape index (κ1) is 22.0. The van der Waals surface area contributed by atoms with Crippen molar-refractivity contribution >= 4 is 11.9 Å². The highest BCUT2D eigenvalue weighted by Gasteiger charge is 2.14. The van der Waals surface area contributed by atoms with E-state index in [0.29, 0.717) is 12.0 Å². The fourth-order valence-corrected chi connectivity index (χ4v) is 2.38. The van der Waals surface area contributed by atoms with Crippen molar-refractivity contribution in [3.8, 4) is 0 Å². The third kappa shape index (κ3) is 9.42. The number of likely N-dealkylation sites (N-methyl/N-ethyl adjacent to an activating group) is 1. The SMILES string of the molecule is CCNC(=NCC(=O)NC(C)(C)C)NCC(C)N(C)Cc1ccccc1. The van der Waals surface area contributed by atoms with E-state index >= 15 is 0 Å². The molecule has 0 aromatic heterocycles. The molecule has 0 fully saturated rings. The highest BCUT2D eigenvalue weighted by molar-refractivity contribution is 5.85. The van der Waals surface area contributed by atoms with Gasteiger partial charge in [-0.2, -0.15) is 0 Å². The summed E-state index contributed by atoms with van der Waals surface area (Å²) in [5.74, 6) is 0.584. The highest BCUT2D eigenvalue weighted by atomic mass is 16.2. The molecule has 0 aliphatic rings. The maximum Gasteiger partial charge on any atom is 0.242 e. The van der Waals surface area contributed by atoms with Gasteiger partial charge in [-0.3, -0.25) is 9.69 Å². The number of nitrogens with one attached hydrogen (secondary N) is 3. The van der Waals surface area contributed by atoms with Crippen molar-refractivity contribution in [3.63, 3.8) is 0 Å². The number of hydrogen-bond acceptors (Lipinski definition) is 3. The van der Waals surface area contributed by atoms with E-state index in [1.165, 1.54) is 5.56 Å². The summed E-state index contributed by atoms with van der Waals surface area (Å²) < 4.78 is 0. The standard InChI is InChI=1S/C20H35N5O/c1-7-21-19(23-14-18(26)24-20(3,4)5)22-13-16(2)25(6)15-17-11-9-8-10-12-17/h8-12,16H,7,13-15H2,1-6H3,(H,24,26)(H2,21,22,23). The van der Waals surface area contributed by atoms with Crippen LogP contribution in [0.1, 0.15) is 40.2 Å². The Hall–Kier alpha value is -2.08. The summed E-state index contributed by atoms with van der Waals surface area (Å²) in [6, 6.07) is 10.7. The predicted octanol–water partition coefficient (Wildman–Crippen LogP) is 1.98. The van der Waals surface area contributed by atoms with Crippen LogP contribution in [0.5, 0.6) is 0 Å². The molecule has 0 radical (unpaired) electrons. The number of carbonyl (C=O) groups is 1. The smallest absolute Gasteiger partial charge is 0.242 e. The molecule has 1 unspecified atom stereocenters. The van der Waals surface area contributed by atoms with Gasteiger partial charge < -0.3 is 16.0 Å². The van der Waals surface area contributed by atoms with Crippen molar-refractivity contribution in [2.24, 2.45) is 4.99 Å². The maximum absolute atomic E-state index is 11.9. The molecule has 6 nitrogen and oxygen atoms in total. The van der Waals surface area contributed by atoms with Crippen molar-refractivity contribution in [1.29, 1.82) is 0 Å². The highest BCUT2D eigenvalue weighted by Crippen LogP contribution is 2.05. The van der Waals surface area contributed by atoms with Crippen LogP contribution in [0.25, 0.3) is 0 Å². The molecule has 1 amide bonds. The molecular weight excluding hydrogens is 326 g/mol. The number of guanidine groups is 1. The van der Waals surface area contributed by atoms with Gasteiger partial charge in [0, 0.05) is 31.2 Å². The third-order valence-electron chi connectivity index (χ3n) is 3.83. The normalized spacial score (nSPS) is 13.4. The molecule has 26 heavy (non-hydrogen) atoms. The molecule has 0 spiro atoms. The summed E-state index contributed by atoms with van der Waals surface area (Å²) in [7, 11) is 2.11. The zero-order valence-electron chi connectivity index (χ0n) is 17.1. The Morgan fingerprint density at radius 1 is 1.19 bits per heavy atom. The number of amides is 1. The molecule has 1 aromatic rings. The van der Waals surface area contributed by atoms with E-state index in [2.05, 4.69) is 64.1 Å². The van der Waals surface area contributed by atoms with E-state index < -0.39 is 0 Å². The van der Waals surface area contributed by atoms with Gasteiger partial charge in [0.25, 0.3) is 0 Å². The third-order valence-corrected chi connectivity index (χ3v) is 3.83. The van der Waals surface area contributed by atoms with Crippen molar-refractivity contribution in [3.05, 3.63) is 35.9 Å². The largest absolute Gasteiger partial charge is 0.357 e. The number of carbonyl (C=O) groups excluding carboxylic acids is 1. The number of rotatable bonds is 8. The van der Waals surface area contributed by atoms with Gasteiger partial charge in [0.15, 0.2) is 5.96 Å². The van der Waals surface area contributed by atoms with Crippen LogP contribution in [0.4, 0.5) is 0 Å². The quantitative estimate of drug-likeness (QED) is 0.489.